The molecule has 0 aromatic heterocycles. The van der Waals surface area contributed by atoms with Crippen LogP contribution in [0.2, 0.25) is 0 Å². The van der Waals surface area contributed by atoms with Crippen molar-refractivity contribution in [3.8, 4) is 11.5 Å². The zero-order chi connectivity index (χ0) is 19.6. The van der Waals surface area contributed by atoms with Gasteiger partial charge < -0.3 is 19.5 Å². The molecule has 1 N–H and O–H groups in total. The fourth-order valence-corrected chi connectivity index (χ4v) is 4.41. The van der Waals surface area contributed by atoms with E-state index in [0.717, 1.165) is 24.9 Å². The molecule has 2 heterocycles. The molecule has 1 unspecified atom stereocenters. The number of methoxy groups -OCH3 is 2. The van der Waals surface area contributed by atoms with Crippen molar-refractivity contribution >= 4 is 11.9 Å². The lowest BCUT2D eigenvalue weighted by Gasteiger charge is -2.39. The van der Waals surface area contributed by atoms with Gasteiger partial charge in [-0.3, -0.25) is 14.5 Å². The van der Waals surface area contributed by atoms with E-state index in [4.69, 9.17) is 9.47 Å². The molecule has 0 radical (unpaired) electrons. The summed E-state index contributed by atoms with van der Waals surface area (Å²) in [6.07, 6.45) is 2.67. The largest absolute Gasteiger partial charge is 0.497 e. The van der Waals surface area contributed by atoms with E-state index in [9.17, 15) is 14.7 Å². The van der Waals surface area contributed by atoms with Crippen LogP contribution in [-0.2, 0) is 16.0 Å². The molecule has 1 atom stereocenters. The lowest BCUT2D eigenvalue weighted by Crippen LogP contribution is -2.44. The molecule has 7 heteroatoms. The summed E-state index contributed by atoms with van der Waals surface area (Å²) >= 11 is 0. The minimum absolute atomic E-state index is 0.0202. The predicted molar refractivity (Wildman–Crippen MR) is 100 cm³/mol. The highest BCUT2D eigenvalue weighted by Crippen LogP contribution is 2.43. The van der Waals surface area contributed by atoms with Crippen molar-refractivity contribution < 1.29 is 24.2 Å². The maximum Gasteiger partial charge on any atom is 0.320 e. The maximum absolute atomic E-state index is 12.8. The van der Waals surface area contributed by atoms with Crippen molar-refractivity contribution in [2.45, 2.75) is 31.7 Å². The Hall–Kier alpha value is -2.28. The van der Waals surface area contributed by atoms with E-state index in [1.165, 1.54) is 0 Å². The summed E-state index contributed by atoms with van der Waals surface area (Å²) in [6.45, 7) is 2.15. The zero-order valence-electron chi connectivity index (χ0n) is 16.2. The number of carboxylic acids is 1. The van der Waals surface area contributed by atoms with E-state index in [1.807, 2.05) is 29.0 Å². The summed E-state index contributed by atoms with van der Waals surface area (Å²) in [5.41, 5.74) is 0.863. The van der Waals surface area contributed by atoms with Gasteiger partial charge in [-0.1, -0.05) is 6.07 Å². The molecule has 1 spiro atoms. The highest BCUT2D eigenvalue weighted by Gasteiger charge is 2.47. The van der Waals surface area contributed by atoms with Crippen LogP contribution in [0.4, 0.5) is 0 Å². The Morgan fingerprint density at radius 2 is 1.93 bits per heavy atom. The van der Waals surface area contributed by atoms with Crippen molar-refractivity contribution in [1.29, 1.82) is 0 Å². The number of carbonyl (C=O) groups excluding carboxylic acids is 1. The Kier molecular flexibility index (Phi) is 5.60. The van der Waals surface area contributed by atoms with E-state index in [1.54, 1.807) is 20.3 Å². The monoisotopic (exact) mass is 376 g/mol. The fraction of sp³-hybridized carbons (Fsp3) is 0.600. The Balaban J connectivity index is 1.60. The third kappa shape index (κ3) is 4.03. The molecule has 0 bridgehead atoms. The summed E-state index contributed by atoms with van der Waals surface area (Å²) in [5, 5.41) is 9.36. The Morgan fingerprint density at radius 1 is 1.22 bits per heavy atom. The van der Waals surface area contributed by atoms with Gasteiger partial charge in [0.25, 0.3) is 0 Å². The molecule has 2 saturated heterocycles. The van der Waals surface area contributed by atoms with Crippen molar-refractivity contribution in [2.75, 3.05) is 40.9 Å². The van der Waals surface area contributed by atoms with Crippen molar-refractivity contribution in [3.05, 3.63) is 23.8 Å². The van der Waals surface area contributed by atoms with Crippen LogP contribution in [0.15, 0.2) is 18.2 Å². The van der Waals surface area contributed by atoms with Crippen LogP contribution in [0.3, 0.4) is 0 Å². The van der Waals surface area contributed by atoms with E-state index in [2.05, 4.69) is 0 Å². The Labute approximate surface area is 159 Å². The van der Waals surface area contributed by atoms with Crippen LogP contribution in [0.1, 0.15) is 24.8 Å². The van der Waals surface area contributed by atoms with Gasteiger partial charge in [-0.05, 0) is 37.8 Å². The van der Waals surface area contributed by atoms with Crippen molar-refractivity contribution in [1.82, 2.24) is 9.80 Å². The van der Waals surface area contributed by atoms with Crippen LogP contribution >= 0.6 is 0 Å². The molecular weight excluding hydrogens is 348 g/mol. The van der Waals surface area contributed by atoms with E-state index < -0.39 is 12.0 Å². The first-order chi connectivity index (χ1) is 12.9. The summed E-state index contributed by atoms with van der Waals surface area (Å²) < 4.78 is 10.6. The molecule has 2 aliphatic rings. The predicted octanol–water partition coefficient (Wildman–Crippen LogP) is 1.64. The van der Waals surface area contributed by atoms with Gasteiger partial charge in [0.2, 0.25) is 5.91 Å². The third-order valence-corrected chi connectivity index (χ3v) is 6.04. The fourth-order valence-electron chi connectivity index (χ4n) is 4.41. The molecule has 148 valence electrons. The first kappa shape index (κ1) is 19.5. The van der Waals surface area contributed by atoms with Gasteiger partial charge >= 0.3 is 5.97 Å². The van der Waals surface area contributed by atoms with Crippen LogP contribution in [-0.4, -0.2) is 73.7 Å². The number of amides is 1. The number of hydrogen-bond acceptors (Lipinski definition) is 5. The molecule has 27 heavy (non-hydrogen) atoms. The van der Waals surface area contributed by atoms with Crippen LogP contribution in [0, 0.1) is 5.41 Å². The number of hydrogen-bond donors (Lipinski definition) is 1. The smallest absolute Gasteiger partial charge is 0.320 e. The molecule has 1 aromatic carbocycles. The number of nitrogens with zero attached hydrogens (tertiary/aromatic N) is 2. The van der Waals surface area contributed by atoms with Gasteiger partial charge in [0.05, 0.1) is 20.6 Å². The molecule has 0 aliphatic carbocycles. The zero-order valence-corrected chi connectivity index (χ0v) is 16.2. The summed E-state index contributed by atoms with van der Waals surface area (Å²) in [4.78, 5) is 28.0. The second kappa shape index (κ2) is 7.76. The van der Waals surface area contributed by atoms with Crippen LogP contribution in [0.25, 0.3) is 0 Å². The minimum atomic E-state index is -0.750. The summed E-state index contributed by atoms with van der Waals surface area (Å²) in [7, 11) is 5.06. The van der Waals surface area contributed by atoms with Gasteiger partial charge in [-0.15, -0.1) is 0 Å². The van der Waals surface area contributed by atoms with Gasteiger partial charge in [0.1, 0.15) is 17.5 Å². The molecule has 1 amide bonds. The highest BCUT2D eigenvalue weighted by atomic mass is 16.5. The van der Waals surface area contributed by atoms with E-state index >= 15 is 0 Å². The van der Waals surface area contributed by atoms with Crippen LogP contribution < -0.4 is 9.47 Å². The van der Waals surface area contributed by atoms with Crippen LogP contribution in [0.5, 0.6) is 11.5 Å². The quantitative estimate of drug-likeness (QED) is 0.842. The topological polar surface area (TPSA) is 79.3 Å². The Bertz CT molecular complexity index is 712. The van der Waals surface area contributed by atoms with Gasteiger partial charge in [0, 0.05) is 31.3 Å². The number of piperidine rings is 1. The lowest BCUT2D eigenvalue weighted by atomic mass is 9.76. The number of carboxylic acid groups (broad SMARTS) is 1. The molecule has 2 aliphatic heterocycles. The number of likely N-dealkylation sites (N-methyl/N-ethyl adjacent to an activating group) is 1. The molecule has 3 rings (SSSR count). The molecule has 0 saturated carbocycles. The second-order valence-corrected chi connectivity index (χ2v) is 7.71. The van der Waals surface area contributed by atoms with Gasteiger partial charge in [-0.25, -0.2) is 0 Å². The maximum atomic E-state index is 12.8. The SMILES string of the molecule is COc1ccc(CC(=O)N2CCC3(CC2)CC(C(=O)O)N(C)C3)c(OC)c1. The first-order valence-corrected chi connectivity index (χ1v) is 9.29. The number of likely N-dealkylation sites (tertiary alicyclic amines) is 2. The van der Waals surface area contributed by atoms with Crippen molar-refractivity contribution in [2.24, 2.45) is 5.41 Å². The van der Waals surface area contributed by atoms with Gasteiger partial charge in [0.15, 0.2) is 0 Å². The number of aliphatic carboxylic acids is 1. The lowest BCUT2D eigenvalue weighted by molar-refractivity contribution is -0.142. The number of carbonyl (C=O) groups is 2. The first-order valence-electron chi connectivity index (χ1n) is 9.29. The average molecular weight is 376 g/mol. The number of ether oxygens (including phenoxy) is 2. The standard InChI is InChI=1S/C20H28N2O5/c1-21-13-20(12-16(21)19(24)25)6-8-22(9-7-20)18(23)10-14-4-5-15(26-2)11-17(14)27-3/h4-5,11,16H,6-10,12-13H2,1-3H3,(H,24,25). The minimum Gasteiger partial charge on any atom is -0.497 e. The summed E-state index contributed by atoms with van der Waals surface area (Å²) in [5.74, 6) is 0.674. The number of benzene rings is 1. The molecule has 1 aromatic rings. The third-order valence-electron chi connectivity index (χ3n) is 6.04. The van der Waals surface area contributed by atoms with E-state index in [0.29, 0.717) is 31.0 Å². The van der Waals surface area contributed by atoms with Crippen molar-refractivity contribution in [3.63, 3.8) is 0 Å². The second-order valence-electron chi connectivity index (χ2n) is 7.71. The molecule has 7 nitrogen and oxygen atoms in total. The normalized spacial score (nSPS) is 22.0. The molecule has 2 fully saturated rings. The molecular formula is C20H28N2O5. The Morgan fingerprint density at radius 3 is 2.48 bits per heavy atom. The number of rotatable bonds is 5. The highest BCUT2D eigenvalue weighted by molar-refractivity contribution is 5.80. The van der Waals surface area contributed by atoms with Gasteiger partial charge in [-0.2, -0.15) is 0 Å². The average Bonchev–Trinajstić information content (AvgIpc) is 2.98. The summed E-state index contributed by atoms with van der Waals surface area (Å²) in [6, 6.07) is 5.07. The van der Waals surface area contributed by atoms with E-state index in [-0.39, 0.29) is 17.7 Å².